The van der Waals surface area contributed by atoms with Crippen molar-refractivity contribution >= 4 is 0 Å². The molecule has 0 radical (unpaired) electrons. The lowest BCUT2D eigenvalue weighted by Gasteiger charge is -1.91. The van der Waals surface area contributed by atoms with Gasteiger partial charge in [0.1, 0.15) is 5.76 Å². The first-order valence-electron chi connectivity index (χ1n) is 6.43. The van der Waals surface area contributed by atoms with Gasteiger partial charge in [-0.1, -0.05) is 42.3 Å². The van der Waals surface area contributed by atoms with Gasteiger partial charge in [-0.05, 0) is 37.1 Å². The monoisotopic (exact) mass is 259 g/mol. The van der Waals surface area contributed by atoms with Crippen LogP contribution in [0.3, 0.4) is 0 Å². The predicted octanol–water partition coefficient (Wildman–Crippen LogP) is 4.05. The van der Waals surface area contributed by atoms with Crippen LogP contribution in [0.5, 0.6) is 0 Å². The quantitative estimate of drug-likeness (QED) is 0.616. The molecular formula is C18H13NO. The van der Waals surface area contributed by atoms with Crippen LogP contribution >= 0.6 is 0 Å². The Kier molecular flexibility index (Phi) is 3.34. The van der Waals surface area contributed by atoms with Gasteiger partial charge in [0.15, 0.2) is 5.69 Å². The van der Waals surface area contributed by atoms with E-state index in [-0.39, 0.29) is 0 Å². The van der Waals surface area contributed by atoms with Gasteiger partial charge < -0.3 is 4.42 Å². The van der Waals surface area contributed by atoms with Crippen molar-refractivity contribution in [1.82, 2.24) is 4.98 Å². The molecule has 1 heterocycles. The summed E-state index contributed by atoms with van der Waals surface area (Å²) in [7, 11) is 0. The minimum absolute atomic E-state index is 0.612. The normalized spacial score (nSPS) is 9.85. The second-order valence-corrected chi connectivity index (χ2v) is 4.41. The number of hydrogen-bond acceptors (Lipinski definition) is 2. The number of benzene rings is 2. The Morgan fingerprint density at radius 3 is 2.20 bits per heavy atom. The lowest BCUT2D eigenvalue weighted by Crippen LogP contribution is -1.80. The summed E-state index contributed by atoms with van der Waals surface area (Å²) in [6.45, 7) is 1.88. The van der Waals surface area contributed by atoms with Gasteiger partial charge in [-0.3, -0.25) is 0 Å². The van der Waals surface area contributed by atoms with E-state index >= 15 is 0 Å². The highest BCUT2D eigenvalue weighted by atomic mass is 16.4. The number of oxazole rings is 1. The van der Waals surface area contributed by atoms with Crippen LogP contribution in [0, 0.1) is 18.8 Å². The van der Waals surface area contributed by atoms with Gasteiger partial charge in [-0.25, -0.2) is 4.98 Å². The number of nitrogens with zero attached hydrogens (tertiary/aromatic N) is 1. The summed E-state index contributed by atoms with van der Waals surface area (Å²) in [4.78, 5) is 4.45. The zero-order chi connectivity index (χ0) is 13.8. The molecular weight excluding hydrogens is 246 g/mol. The summed E-state index contributed by atoms with van der Waals surface area (Å²) >= 11 is 0. The van der Waals surface area contributed by atoms with E-state index in [1.807, 2.05) is 67.6 Å². The smallest absolute Gasteiger partial charge is 0.227 e. The molecule has 0 bridgehead atoms. The van der Waals surface area contributed by atoms with E-state index in [9.17, 15) is 0 Å². The number of rotatable bonds is 1. The highest BCUT2D eigenvalue weighted by molar-refractivity contribution is 5.55. The number of aryl methyl sites for hydroxylation is 1. The van der Waals surface area contributed by atoms with Crippen molar-refractivity contribution in [2.24, 2.45) is 0 Å². The molecule has 0 N–H and O–H groups in total. The zero-order valence-electron chi connectivity index (χ0n) is 11.1. The van der Waals surface area contributed by atoms with Crippen LogP contribution in [0.4, 0.5) is 0 Å². The molecule has 0 unspecified atom stereocenters. The molecule has 0 aliphatic carbocycles. The van der Waals surface area contributed by atoms with E-state index in [4.69, 9.17) is 4.42 Å². The molecule has 2 heteroatoms. The molecule has 0 aliphatic heterocycles. The van der Waals surface area contributed by atoms with Gasteiger partial charge in [0.25, 0.3) is 0 Å². The molecule has 96 valence electrons. The first-order chi connectivity index (χ1) is 9.83. The van der Waals surface area contributed by atoms with E-state index in [0.29, 0.717) is 11.6 Å². The molecule has 2 nitrogen and oxygen atoms in total. The third kappa shape index (κ3) is 2.62. The van der Waals surface area contributed by atoms with Crippen molar-refractivity contribution in [3.63, 3.8) is 0 Å². The van der Waals surface area contributed by atoms with Crippen molar-refractivity contribution in [1.29, 1.82) is 0 Å². The Labute approximate surface area is 118 Å². The fourth-order valence-electron chi connectivity index (χ4n) is 1.87. The van der Waals surface area contributed by atoms with Gasteiger partial charge >= 0.3 is 0 Å². The lowest BCUT2D eigenvalue weighted by atomic mass is 10.2. The predicted molar refractivity (Wildman–Crippen MR) is 79.1 cm³/mol. The molecule has 0 saturated carbocycles. The van der Waals surface area contributed by atoms with Crippen LogP contribution < -0.4 is 0 Å². The van der Waals surface area contributed by atoms with Gasteiger partial charge in [0.05, 0.1) is 0 Å². The van der Waals surface area contributed by atoms with Crippen LogP contribution in [-0.4, -0.2) is 4.98 Å². The summed E-state index contributed by atoms with van der Waals surface area (Å²) in [5.41, 5.74) is 2.62. The third-order valence-electron chi connectivity index (χ3n) is 2.92. The van der Waals surface area contributed by atoms with Crippen LogP contribution in [-0.2, 0) is 0 Å². The molecule has 20 heavy (non-hydrogen) atoms. The van der Waals surface area contributed by atoms with Crippen molar-refractivity contribution in [2.45, 2.75) is 6.92 Å². The van der Waals surface area contributed by atoms with Crippen LogP contribution in [0.15, 0.2) is 65.1 Å². The molecule has 0 spiro atoms. The van der Waals surface area contributed by atoms with Crippen molar-refractivity contribution in [3.8, 4) is 23.3 Å². The van der Waals surface area contributed by atoms with E-state index in [2.05, 4.69) is 16.8 Å². The Morgan fingerprint density at radius 2 is 1.50 bits per heavy atom. The van der Waals surface area contributed by atoms with Gasteiger partial charge in [0, 0.05) is 11.1 Å². The molecule has 1 aromatic heterocycles. The van der Waals surface area contributed by atoms with Crippen LogP contribution in [0.1, 0.15) is 17.0 Å². The minimum Gasteiger partial charge on any atom is -0.440 e. The topological polar surface area (TPSA) is 26.0 Å². The van der Waals surface area contributed by atoms with Crippen molar-refractivity contribution < 1.29 is 4.42 Å². The van der Waals surface area contributed by atoms with E-state index in [0.717, 1.165) is 16.9 Å². The highest BCUT2D eigenvalue weighted by Crippen LogP contribution is 2.20. The number of hydrogen-bond donors (Lipinski definition) is 0. The molecule has 0 atom stereocenters. The standard InChI is InChI=1S/C18H13NO/c1-14-17(13-12-15-8-4-2-5-9-15)19-18(20-14)16-10-6-3-7-11-16/h2-11H,1H3. The lowest BCUT2D eigenvalue weighted by molar-refractivity contribution is 0.542. The van der Waals surface area contributed by atoms with Crippen molar-refractivity contribution in [3.05, 3.63) is 77.7 Å². The van der Waals surface area contributed by atoms with Gasteiger partial charge in [-0.15, -0.1) is 0 Å². The van der Waals surface area contributed by atoms with Gasteiger partial charge in [-0.2, -0.15) is 0 Å². The SMILES string of the molecule is Cc1oc(-c2ccccc2)nc1C#Cc1ccccc1. The summed E-state index contributed by atoms with van der Waals surface area (Å²) in [5, 5.41) is 0. The zero-order valence-corrected chi connectivity index (χ0v) is 11.1. The number of aromatic nitrogens is 1. The Bertz CT molecular complexity index is 761. The highest BCUT2D eigenvalue weighted by Gasteiger charge is 2.08. The fourth-order valence-corrected chi connectivity index (χ4v) is 1.87. The Hall–Kier alpha value is -2.79. The molecule has 0 amide bonds. The molecule has 3 rings (SSSR count). The molecule has 0 saturated heterocycles. The largest absolute Gasteiger partial charge is 0.440 e. The summed E-state index contributed by atoms with van der Waals surface area (Å²) < 4.78 is 5.68. The van der Waals surface area contributed by atoms with E-state index in [1.54, 1.807) is 0 Å². The van der Waals surface area contributed by atoms with E-state index < -0.39 is 0 Å². The molecule has 0 fully saturated rings. The Morgan fingerprint density at radius 1 is 0.850 bits per heavy atom. The summed E-state index contributed by atoms with van der Waals surface area (Å²) in [6, 6.07) is 19.7. The second kappa shape index (κ2) is 5.46. The van der Waals surface area contributed by atoms with E-state index in [1.165, 1.54) is 0 Å². The van der Waals surface area contributed by atoms with Crippen molar-refractivity contribution in [2.75, 3.05) is 0 Å². The maximum Gasteiger partial charge on any atom is 0.227 e. The molecule has 2 aromatic carbocycles. The Balaban J connectivity index is 1.93. The molecule has 0 aliphatic rings. The van der Waals surface area contributed by atoms with Crippen LogP contribution in [0.2, 0.25) is 0 Å². The van der Waals surface area contributed by atoms with Gasteiger partial charge in [0.2, 0.25) is 5.89 Å². The first-order valence-corrected chi connectivity index (χ1v) is 6.43. The average Bonchev–Trinajstić information content (AvgIpc) is 2.88. The fraction of sp³-hybridized carbons (Fsp3) is 0.0556. The first kappa shape index (κ1) is 12.3. The maximum absolute atomic E-state index is 5.68. The summed E-state index contributed by atoms with van der Waals surface area (Å²) in [5.74, 6) is 7.51. The second-order valence-electron chi connectivity index (χ2n) is 4.41. The molecule has 3 aromatic rings. The minimum atomic E-state index is 0.612. The summed E-state index contributed by atoms with van der Waals surface area (Å²) in [6.07, 6.45) is 0. The third-order valence-corrected chi connectivity index (χ3v) is 2.92. The maximum atomic E-state index is 5.68. The average molecular weight is 259 g/mol. The van der Waals surface area contributed by atoms with Crippen LogP contribution in [0.25, 0.3) is 11.5 Å².